The van der Waals surface area contributed by atoms with Crippen LogP contribution in [-0.4, -0.2) is 36.5 Å². The van der Waals surface area contributed by atoms with E-state index in [1.54, 1.807) is 0 Å². The lowest BCUT2D eigenvalue weighted by molar-refractivity contribution is -0.126. The van der Waals surface area contributed by atoms with E-state index < -0.39 is 0 Å². The molecule has 18 heavy (non-hydrogen) atoms. The van der Waals surface area contributed by atoms with Crippen LogP contribution in [0.1, 0.15) is 17.9 Å². The van der Waals surface area contributed by atoms with Crippen LogP contribution in [0.5, 0.6) is 0 Å². The molecule has 2 aliphatic rings. The van der Waals surface area contributed by atoms with Gasteiger partial charge in [0.05, 0.1) is 0 Å². The summed E-state index contributed by atoms with van der Waals surface area (Å²) in [5.74, 6) is 0.145. The molecule has 5 nitrogen and oxygen atoms in total. The van der Waals surface area contributed by atoms with Crippen molar-refractivity contribution in [3.8, 4) is 0 Å². The standard InChI is InChI=1S/C13H15N3O2/c1-16-12(17)11(15-13(16)18)6-8-7-14-10-5-3-2-4-9(8)10/h2-5,8,11,14H,6-7H2,1H3,(H,15,18). The number of benzene rings is 1. The van der Waals surface area contributed by atoms with E-state index in [4.69, 9.17) is 0 Å². The Morgan fingerprint density at radius 2 is 2.11 bits per heavy atom. The molecule has 0 aliphatic carbocycles. The first-order valence-corrected chi connectivity index (χ1v) is 6.07. The molecule has 1 saturated heterocycles. The van der Waals surface area contributed by atoms with Gasteiger partial charge in [-0.1, -0.05) is 18.2 Å². The van der Waals surface area contributed by atoms with Gasteiger partial charge in [0.1, 0.15) is 6.04 Å². The van der Waals surface area contributed by atoms with Gasteiger partial charge in [-0.2, -0.15) is 0 Å². The second kappa shape index (κ2) is 4.01. The van der Waals surface area contributed by atoms with E-state index >= 15 is 0 Å². The zero-order chi connectivity index (χ0) is 12.7. The van der Waals surface area contributed by atoms with E-state index in [0.29, 0.717) is 6.42 Å². The minimum absolute atomic E-state index is 0.135. The Morgan fingerprint density at radius 1 is 1.33 bits per heavy atom. The lowest BCUT2D eigenvalue weighted by atomic mass is 9.94. The number of imide groups is 1. The highest BCUT2D eigenvalue weighted by Crippen LogP contribution is 2.34. The number of nitrogens with one attached hydrogen (secondary N) is 2. The summed E-state index contributed by atoms with van der Waals surface area (Å²) in [6.07, 6.45) is 0.652. The molecule has 3 rings (SSSR count). The van der Waals surface area contributed by atoms with Gasteiger partial charge in [0.25, 0.3) is 5.91 Å². The van der Waals surface area contributed by atoms with Crippen LogP contribution in [0, 0.1) is 0 Å². The van der Waals surface area contributed by atoms with Crippen molar-refractivity contribution in [1.29, 1.82) is 0 Å². The van der Waals surface area contributed by atoms with Crippen molar-refractivity contribution in [2.45, 2.75) is 18.4 Å². The third-order valence-corrected chi connectivity index (χ3v) is 3.69. The number of nitrogens with zero attached hydrogens (tertiary/aromatic N) is 1. The quantitative estimate of drug-likeness (QED) is 0.768. The number of para-hydroxylation sites is 1. The van der Waals surface area contributed by atoms with E-state index in [2.05, 4.69) is 16.7 Å². The Labute approximate surface area is 105 Å². The zero-order valence-electron chi connectivity index (χ0n) is 10.1. The maximum atomic E-state index is 11.8. The molecule has 2 unspecified atom stereocenters. The second-order valence-corrected chi connectivity index (χ2v) is 4.80. The molecule has 2 N–H and O–H groups in total. The van der Waals surface area contributed by atoms with Gasteiger partial charge >= 0.3 is 6.03 Å². The molecule has 2 aliphatic heterocycles. The number of hydrogen-bond donors (Lipinski definition) is 2. The van der Waals surface area contributed by atoms with Gasteiger partial charge in [0.15, 0.2) is 0 Å². The summed E-state index contributed by atoms with van der Waals surface area (Å²) in [5, 5.41) is 6.04. The van der Waals surface area contributed by atoms with Gasteiger partial charge in [-0.05, 0) is 18.1 Å². The van der Waals surface area contributed by atoms with Crippen LogP contribution in [-0.2, 0) is 4.79 Å². The summed E-state index contributed by atoms with van der Waals surface area (Å²) < 4.78 is 0. The Hall–Kier alpha value is -2.04. The SMILES string of the molecule is CN1C(=O)NC(CC2CNc3ccccc32)C1=O. The van der Waals surface area contributed by atoms with Crippen LogP contribution < -0.4 is 10.6 Å². The van der Waals surface area contributed by atoms with Gasteiger partial charge in [0, 0.05) is 25.2 Å². The van der Waals surface area contributed by atoms with Gasteiger partial charge < -0.3 is 10.6 Å². The molecule has 0 aromatic heterocycles. The highest BCUT2D eigenvalue weighted by molar-refractivity contribution is 6.03. The molecule has 1 aromatic rings. The summed E-state index contributed by atoms with van der Waals surface area (Å²) in [6, 6.07) is 7.41. The maximum absolute atomic E-state index is 11.8. The van der Waals surface area contributed by atoms with Crippen LogP contribution in [0.3, 0.4) is 0 Å². The summed E-state index contributed by atoms with van der Waals surface area (Å²) in [6.45, 7) is 0.822. The number of urea groups is 1. The Balaban J connectivity index is 1.76. The average molecular weight is 245 g/mol. The lowest BCUT2D eigenvalue weighted by Crippen LogP contribution is -2.31. The number of likely N-dealkylation sites (N-methyl/N-ethyl adjacent to an activating group) is 1. The molecule has 0 spiro atoms. The number of fused-ring (bicyclic) bond motifs is 1. The number of carbonyl (C=O) groups is 2. The fourth-order valence-electron chi connectivity index (χ4n) is 2.65. The predicted molar refractivity (Wildman–Crippen MR) is 67.4 cm³/mol. The smallest absolute Gasteiger partial charge is 0.324 e. The summed E-state index contributed by atoms with van der Waals surface area (Å²) in [7, 11) is 1.51. The van der Waals surface area contributed by atoms with E-state index in [9.17, 15) is 9.59 Å². The van der Waals surface area contributed by atoms with Crippen LogP contribution in [0.25, 0.3) is 0 Å². The molecule has 5 heteroatoms. The van der Waals surface area contributed by atoms with Gasteiger partial charge in [0.2, 0.25) is 0 Å². The van der Waals surface area contributed by atoms with Crippen LogP contribution in [0.15, 0.2) is 24.3 Å². The fourth-order valence-corrected chi connectivity index (χ4v) is 2.65. The van der Waals surface area contributed by atoms with Crippen molar-refractivity contribution < 1.29 is 9.59 Å². The number of hydrogen-bond acceptors (Lipinski definition) is 3. The third-order valence-electron chi connectivity index (χ3n) is 3.69. The Kier molecular flexibility index (Phi) is 2.47. The first kappa shape index (κ1) is 11.1. The maximum Gasteiger partial charge on any atom is 0.324 e. The molecule has 0 saturated carbocycles. The predicted octanol–water partition coefficient (Wildman–Crippen LogP) is 1.14. The summed E-state index contributed by atoms with van der Waals surface area (Å²) in [5.41, 5.74) is 2.36. The van der Waals surface area contributed by atoms with E-state index in [1.807, 2.05) is 18.2 Å². The van der Waals surface area contributed by atoms with Crippen molar-refractivity contribution >= 4 is 17.6 Å². The summed E-state index contributed by atoms with van der Waals surface area (Å²) >= 11 is 0. The van der Waals surface area contributed by atoms with Gasteiger partial charge in [-0.25, -0.2) is 4.79 Å². The molecule has 0 radical (unpaired) electrons. The monoisotopic (exact) mass is 245 g/mol. The van der Waals surface area contributed by atoms with Crippen LogP contribution >= 0.6 is 0 Å². The minimum atomic E-state index is -0.388. The third kappa shape index (κ3) is 1.63. The Bertz CT molecular complexity index is 515. The van der Waals surface area contributed by atoms with Crippen molar-refractivity contribution in [2.24, 2.45) is 0 Å². The molecule has 94 valence electrons. The van der Waals surface area contributed by atoms with Crippen molar-refractivity contribution in [2.75, 3.05) is 18.9 Å². The van der Waals surface area contributed by atoms with E-state index in [0.717, 1.165) is 17.1 Å². The lowest BCUT2D eigenvalue weighted by Gasteiger charge is -2.14. The molecular formula is C13H15N3O2. The number of carbonyl (C=O) groups excluding carboxylic acids is 2. The fraction of sp³-hybridized carbons (Fsp3) is 0.385. The van der Waals surface area contributed by atoms with Crippen molar-refractivity contribution in [3.63, 3.8) is 0 Å². The molecular weight excluding hydrogens is 230 g/mol. The van der Waals surface area contributed by atoms with Crippen molar-refractivity contribution in [3.05, 3.63) is 29.8 Å². The molecule has 2 heterocycles. The summed E-state index contributed by atoms with van der Waals surface area (Å²) in [4.78, 5) is 24.4. The molecule has 1 fully saturated rings. The largest absolute Gasteiger partial charge is 0.384 e. The first-order chi connectivity index (χ1) is 8.66. The van der Waals surface area contributed by atoms with Crippen molar-refractivity contribution in [1.82, 2.24) is 10.2 Å². The first-order valence-electron chi connectivity index (χ1n) is 6.07. The number of amides is 3. The number of rotatable bonds is 2. The highest BCUT2D eigenvalue weighted by Gasteiger charge is 2.38. The van der Waals surface area contributed by atoms with Crippen LogP contribution in [0.2, 0.25) is 0 Å². The molecule has 3 amide bonds. The molecule has 1 aromatic carbocycles. The second-order valence-electron chi connectivity index (χ2n) is 4.80. The molecule has 0 bridgehead atoms. The number of anilines is 1. The van der Waals surface area contributed by atoms with E-state index in [-0.39, 0.29) is 23.9 Å². The topological polar surface area (TPSA) is 61.4 Å². The van der Waals surface area contributed by atoms with Crippen LogP contribution in [0.4, 0.5) is 10.5 Å². The van der Waals surface area contributed by atoms with Gasteiger partial charge in [-0.15, -0.1) is 0 Å². The average Bonchev–Trinajstić information content (AvgIpc) is 2.89. The van der Waals surface area contributed by atoms with Gasteiger partial charge in [-0.3, -0.25) is 9.69 Å². The Morgan fingerprint density at radius 3 is 2.83 bits per heavy atom. The normalized spacial score (nSPS) is 25.9. The zero-order valence-corrected chi connectivity index (χ0v) is 10.1. The minimum Gasteiger partial charge on any atom is -0.384 e. The van der Waals surface area contributed by atoms with E-state index in [1.165, 1.54) is 12.6 Å². The highest BCUT2D eigenvalue weighted by atomic mass is 16.2. The molecule has 2 atom stereocenters.